The zero-order valence-corrected chi connectivity index (χ0v) is 16.5. The minimum absolute atomic E-state index is 0.0646. The molecule has 1 aliphatic rings. The van der Waals surface area contributed by atoms with Crippen molar-refractivity contribution in [2.45, 2.75) is 51.6 Å². The number of benzene rings is 1. The summed E-state index contributed by atoms with van der Waals surface area (Å²) in [6.07, 6.45) is 6.04. The SMILES string of the molecule is CC(C)=CCSc1nc2c(c(=O)n1-c1cccc(Cl)c1C)CCCC2. The third kappa shape index (κ3) is 3.85. The Kier molecular flexibility index (Phi) is 5.70. The van der Waals surface area contributed by atoms with Gasteiger partial charge in [0.05, 0.1) is 11.4 Å². The Balaban J connectivity index is 2.18. The van der Waals surface area contributed by atoms with E-state index in [0.29, 0.717) is 5.02 Å². The van der Waals surface area contributed by atoms with Crippen LogP contribution in [0, 0.1) is 6.92 Å². The van der Waals surface area contributed by atoms with E-state index in [1.807, 2.05) is 25.1 Å². The van der Waals surface area contributed by atoms with Crippen LogP contribution in [0.2, 0.25) is 5.02 Å². The number of hydrogen-bond acceptors (Lipinski definition) is 3. The van der Waals surface area contributed by atoms with Crippen LogP contribution in [-0.2, 0) is 12.8 Å². The number of aromatic nitrogens is 2. The van der Waals surface area contributed by atoms with Gasteiger partial charge in [0.25, 0.3) is 5.56 Å². The average molecular weight is 375 g/mol. The molecule has 5 heteroatoms. The van der Waals surface area contributed by atoms with Gasteiger partial charge in [-0.05, 0) is 64.2 Å². The Morgan fingerprint density at radius 3 is 2.84 bits per heavy atom. The zero-order valence-electron chi connectivity index (χ0n) is 14.9. The molecule has 0 aliphatic heterocycles. The monoisotopic (exact) mass is 374 g/mol. The molecule has 0 atom stereocenters. The van der Waals surface area contributed by atoms with Crippen molar-refractivity contribution in [2.24, 2.45) is 0 Å². The molecular formula is C20H23ClN2OS. The second-order valence-corrected chi connectivity index (χ2v) is 8.04. The van der Waals surface area contributed by atoms with E-state index in [-0.39, 0.29) is 5.56 Å². The summed E-state index contributed by atoms with van der Waals surface area (Å²) in [6, 6.07) is 5.69. The molecule has 0 spiro atoms. The molecule has 0 saturated carbocycles. The van der Waals surface area contributed by atoms with Gasteiger partial charge in [-0.3, -0.25) is 9.36 Å². The van der Waals surface area contributed by atoms with Crippen LogP contribution in [0.5, 0.6) is 0 Å². The minimum atomic E-state index is 0.0646. The predicted molar refractivity (Wildman–Crippen MR) is 106 cm³/mol. The standard InChI is InChI=1S/C20H23ClN2OS/c1-13(2)11-12-25-20-22-17-9-5-4-7-15(17)19(24)23(20)18-10-6-8-16(21)14(18)3/h6,8,10-11H,4-5,7,9,12H2,1-3H3. The maximum atomic E-state index is 13.2. The van der Waals surface area contributed by atoms with Crippen LogP contribution in [0.25, 0.3) is 5.69 Å². The van der Waals surface area contributed by atoms with E-state index in [1.165, 1.54) is 5.57 Å². The number of rotatable bonds is 4. The second-order valence-electron chi connectivity index (χ2n) is 6.64. The molecule has 0 radical (unpaired) electrons. The molecule has 2 aromatic rings. The quantitative estimate of drug-likeness (QED) is 0.422. The van der Waals surface area contributed by atoms with E-state index in [1.54, 1.807) is 16.3 Å². The highest BCUT2D eigenvalue weighted by Crippen LogP contribution is 2.27. The smallest absolute Gasteiger partial charge is 0.262 e. The first-order chi connectivity index (χ1) is 12.0. The lowest BCUT2D eigenvalue weighted by molar-refractivity contribution is 0.622. The van der Waals surface area contributed by atoms with Gasteiger partial charge < -0.3 is 0 Å². The topological polar surface area (TPSA) is 34.9 Å². The largest absolute Gasteiger partial charge is 0.269 e. The number of hydrogen-bond donors (Lipinski definition) is 0. The summed E-state index contributed by atoms with van der Waals surface area (Å²) in [5, 5.41) is 1.43. The van der Waals surface area contributed by atoms with Crippen molar-refractivity contribution in [3.63, 3.8) is 0 Å². The molecule has 25 heavy (non-hydrogen) atoms. The molecule has 1 aromatic heterocycles. The van der Waals surface area contributed by atoms with Crippen molar-refractivity contribution in [2.75, 3.05) is 5.75 Å². The predicted octanol–water partition coefficient (Wildman–Crippen LogP) is 5.13. The normalized spacial score (nSPS) is 13.4. The van der Waals surface area contributed by atoms with Crippen molar-refractivity contribution >= 4 is 23.4 Å². The van der Waals surface area contributed by atoms with E-state index in [2.05, 4.69) is 19.9 Å². The summed E-state index contributed by atoms with van der Waals surface area (Å²) in [4.78, 5) is 18.1. The number of thioether (sulfide) groups is 1. The summed E-state index contributed by atoms with van der Waals surface area (Å²) < 4.78 is 1.76. The van der Waals surface area contributed by atoms with E-state index < -0.39 is 0 Å². The van der Waals surface area contributed by atoms with Gasteiger partial charge in [0, 0.05) is 16.3 Å². The number of nitrogens with zero attached hydrogens (tertiary/aromatic N) is 2. The fourth-order valence-corrected chi connectivity index (χ4v) is 4.28. The molecule has 3 rings (SSSR count). The lowest BCUT2D eigenvalue weighted by atomic mass is 9.97. The van der Waals surface area contributed by atoms with Gasteiger partial charge in [-0.2, -0.15) is 0 Å². The van der Waals surface area contributed by atoms with Crippen molar-refractivity contribution in [3.8, 4) is 5.69 Å². The van der Waals surface area contributed by atoms with Crippen molar-refractivity contribution in [1.82, 2.24) is 9.55 Å². The fraction of sp³-hybridized carbons (Fsp3) is 0.400. The summed E-state index contributed by atoms with van der Waals surface area (Å²) in [6.45, 7) is 6.11. The van der Waals surface area contributed by atoms with E-state index in [9.17, 15) is 4.79 Å². The summed E-state index contributed by atoms with van der Waals surface area (Å²) >= 11 is 7.91. The summed E-state index contributed by atoms with van der Waals surface area (Å²) in [5.41, 5.74) is 4.92. The number of allylic oxidation sites excluding steroid dienone is 1. The molecule has 1 aromatic carbocycles. The van der Waals surface area contributed by atoms with Gasteiger partial charge in [-0.15, -0.1) is 0 Å². The summed E-state index contributed by atoms with van der Waals surface area (Å²) in [5.74, 6) is 0.799. The second kappa shape index (κ2) is 7.79. The van der Waals surface area contributed by atoms with E-state index in [4.69, 9.17) is 16.6 Å². The molecule has 132 valence electrons. The molecular weight excluding hydrogens is 352 g/mol. The first-order valence-electron chi connectivity index (χ1n) is 8.65. The van der Waals surface area contributed by atoms with Gasteiger partial charge in [-0.25, -0.2) is 4.98 Å². The van der Waals surface area contributed by atoms with Gasteiger partial charge in [0.2, 0.25) is 0 Å². The van der Waals surface area contributed by atoms with Crippen LogP contribution in [0.4, 0.5) is 0 Å². The van der Waals surface area contributed by atoms with Gasteiger partial charge >= 0.3 is 0 Å². The third-order valence-electron chi connectivity index (χ3n) is 4.51. The molecule has 0 fully saturated rings. The van der Waals surface area contributed by atoms with Gasteiger partial charge in [0.15, 0.2) is 5.16 Å². The van der Waals surface area contributed by atoms with Crippen LogP contribution < -0.4 is 5.56 Å². The minimum Gasteiger partial charge on any atom is -0.269 e. The van der Waals surface area contributed by atoms with Crippen LogP contribution in [0.3, 0.4) is 0 Å². The van der Waals surface area contributed by atoms with Crippen LogP contribution in [-0.4, -0.2) is 15.3 Å². The maximum Gasteiger partial charge on any atom is 0.262 e. The third-order valence-corrected chi connectivity index (χ3v) is 5.78. The van der Waals surface area contributed by atoms with Crippen LogP contribution in [0.1, 0.15) is 43.5 Å². The molecule has 0 bridgehead atoms. The van der Waals surface area contributed by atoms with Gasteiger partial charge in [0.1, 0.15) is 0 Å². The van der Waals surface area contributed by atoms with Gasteiger partial charge in [-0.1, -0.05) is 41.1 Å². The fourth-order valence-electron chi connectivity index (χ4n) is 3.06. The zero-order chi connectivity index (χ0) is 18.0. The molecule has 1 heterocycles. The van der Waals surface area contributed by atoms with E-state index >= 15 is 0 Å². The molecule has 3 nitrogen and oxygen atoms in total. The first-order valence-corrected chi connectivity index (χ1v) is 10.0. The molecule has 1 aliphatic carbocycles. The summed E-state index contributed by atoms with van der Waals surface area (Å²) in [7, 11) is 0. The Bertz CT molecular complexity index is 882. The van der Waals surface area contributed by atoms with Crippen molar-refractivity contribution < 1.29 is 0 Å². The maximum absolute atomic E-state index is 13.2. The van der Waals surface area contributed by atoms with E-state index in [0.717, 1.165) is 59.1 Å². The highest BCUT2D eigenvalue weighted by molar-refractivity contribution is 7.99. The molecule has 0 amide bonds. The number of fused-ring (bicyclic) bond motifs is 1. The molecule has 0 saturated heterocycles. The Labute approximate surface area is 158 Å². The lowest BCUT2D eigenvalue weighted by Crippen LogP contribution is -2.29. The number of halogens is 1. The Morgan fingerprint density at radius 2 is 2.08 bits per heavy atom. The molecule has 0 unspecified atom stereocenters. The number of aryl methyl sites for hydroxylation is 1. The van der Waals surface area contributed by atoms with Crippen LogP contribution in [0.15, 0.2) is 39.8 Å². The Hall–Kier alpha value is -1.52. The average Bonchev–Trinajstić information content (AvgIpc) is 2.58. The highest BCUT2D eigenvalue weighted by atomic mass is 35.5. The van der Waals surface area contributed by atoms with Crippen LogP contribution >= 0.6 is 23.4 Å². The molecule has 0 N–H and O–H groups in total. The lowest BCUT2D eigenvalue weighted by Gasteiger charge is -2.20. The first kappa shape index (κ1) is 18.3. The van der Waals surface area contributed by atoms with Crippen molar-refractivity contribution in [3.05, 3.63) is 62.0 Å². The highest BCUT2D eigenvalue weighted by Gasteiger charge is 2.21. The van der Waals surface area contributed by atoms with Crippen molar-refractivity contribution in [1.29, 1.82) is 0 Å². The Morgan fingerprint density at radius 1 is 1.32 bits per heavy atom.